The summed E-state index contributed by atoms with van der Waals surface area (Å²) in [6.07, 6.45) is 3.61. The van der Waals surface area contributed by atoms with Gasteiger partial charge in [0.2, 0.25) is 0 Å². The lowest BCUT2D eigenvalue weighted by Gasteiger charge is -2.21. The second-order valence-electron chi connectivity index (χ2n) is 8.39. The molecule has 0 radical (unpaired) electrons. The van der Waals surface area contributed by atoms with Gasteiger partial charge in [0.05, 0.1) is 18.0 Å². The molecule has 1 N–H and O–H groups in total. The molecule has 1 aliphatic rings. The first kappa shape index (κ1) is 25.9. The van der Waals surface area contributed by atoms with E-state index >= 15 is 0 Å². The van der Waals surface area contributed by atoms with Crippen molar-refractivity contribution in [3.63, 3.8) is 0 Å². The zero-order chi connectivity index (χ0) is 26.1. The summed E-state index contributed by atoms with van der Waals surface area (Å²) < 4.78 is 5.77. The van der Waals surface area contributed by atoms with Gasteiger partial charge in [-0.1, -0.05) is 24.3 Å². The van der Waals surface area contributed by atoms with E-state index in [4.69, 9.17) is 4.74 Å². The molecule has 0 saturated heterocycles. The van der Waals surface area contributed by atoms with Gasteiger partial charge in [0, 0.05) is 24.4 Å². The number of likely N-dealkylation sites (N-methyl/N-ethyl adjacent to an activating group) is 1. The maximum Gasteiger partial charge on any atom is 0.172 e. The van der Waals surface area contributed by atoms with Crippen molar-refractivity contribution in [2.75, 3.05) is 24.6 Å². The lowest BCUT2D eigenvalue weighted by Crippen LogP contribution is -2.25. The number of benzene rings is 2. The fourth-order valence-electron chi connectivity index (χ4n) is 3.75. The monoisotopic (exact) mass is 478 g/mol. The average Bonchev–Trinajstić information content (AvgIpc) is 3.15. The van der Waals surface area contributed by atoms with Crippen molar-refractivity contribution in [3.05, 3.63) is 82.6 Å². The third-order valence-corrected chi connectivity index (χ3v) is 5.65. The van der Waals surface area contributed by atoms with Gasteiger partial charge in [-0.15, -0.1) is 0 Å². The number of hydrogen-bond acceptors (Lipinski definition) is 8. The number of aliphatic hydroxyl groups excluding tert-OH is 1. The van der Waals surface area contributed by atoms with Crippen molar-refractivity contribution in [3.8, 4) is 18.2 Å². The Bertz CT molecular complexity index is 1330. The van der Waals surface area contributed by atoms with Crippen molar-refractivity contribution in [1.82, 2.24) is 0 Å². The van der Waals surface area contributed by atoms with Crippen LogP contribution in [0.25, 0.3) is 6.08 Å². The topological polar surface area (TPSA) is 129 Å². The first-order chi connectivity index (χ1) is 17.4. The molecule has 3 rings (SSSR count). The van der Waals surface area contributed by atoms with Crippen molar-refractivity contribution < 1.29 is 9.84 Å². The maximum atomic E-state index is 9.63. The van der Waals surface area contributed by atoms with E-state index in [1.165, 1.54) is 0 Å². The molecule has 8 heteroatoms. The molecule has 1 heterocycles. The summed E-state index contributed by atoms with van der Waals surface area (Å²) in [6.45, 7) is 7.09. The van der Waals surface area contributed by atoms with Crippen molar-refractivity contribution >= 4 is 23.1 Å². The van der Waals surface area contributed by atoms with E-state index in [9.17, 15) is 20.9 Å². The zero-order valence-corrected chi connectivity index (χ0v) is 20.4. The summed E-state index contributed by atoms with van der Waals surface area (Å²) in [6, 6.07) is 20.8. The molecular weight excluding hydrogens is 452 g/mol. The van der Waals surface area contributed by atoms with Gasteiger partial charge in [-0.2, -0.15) is 26.0 Å². The molecule has 8 nitrogen and oxygen atoms in total. The van der Waals surface area contributed by atoms with Gasteiger partial charge in [0.15, 0.2) is 11.3 Å². The van der Waals surface area contributed by atoms with Crippen LogP contribution >= 0.6 is 0 Å². The molecule has 0 fully saturated rings. The summed E-state index contributed by atoms with van der Waals surface area (Å²) in [5, 5.41) is 45.8. The Morgan fingerprint density at radius 1 is 0.972 bits per heavy atom. The Labute approximate surface area is 211 Å². The predicted molar refractivity (Wildman–Crippen MR) is 137 cm³/mol. The highest BCUT2D eigenvalue weighted by molar-refractivity contribution is 5.64. The summed E-state index contributed by atoms with van der Waals surface area (Å²) in [7, 11) is 0. The lowest BCUT2D eigenvalue weighted by molar-refractivity contribution is 0.0954. The number of allylic oxidation sites excluding steroid dienone is 2. The molecule has 0 bridgehead atoms. The van der Waals surface area contributed by atoms with E-state index in [-0.39, 0.29) is 23.5 Å². The number of hydrogen-bond donors (Lipinski definition) is 1. The van der Waals surface area contributed by atoms with Gasteiger partial charge in [-0.25, -0.2) is 0 Å². The summed E-state index contributed by atoms with van der Waals surface area (Å²) in [5.41, 5.74) is 3.00. The first-order valence-electron chi connectivity index (χ1n) is 11.4. The molecule has 2 aromatic carbocycles. The minimum absolute atomic E-state index is 0.0201. The fraction of sp³-hybridized carbons (Fsp3) is 0.250. The van der Waals surface area contributed by atoms with Crippen molar-refractivity contribution in [2.45, 2.75) is 26.4 Å². The highest BCUT2D eigenvalue weighted by atomic mass is 16.5. The minimum Gasteiger partial charge on any atom is -0.480 e. The number of anilines is 1. The number of aliphatic hydroxyl groups is 1. The van der Waals surface area contributed by atoms with Crippen LogP contribution in [-0.2, 0) is 4.74 Å². The van der Waals surface area contributed by atoms with Crippen molar-refractivity contribution in [2.24, 2.45) is 10.2 Å². The molecule has 0 spiro atoms. The van der Waals surface area contributed by atoms with E-state index in [0.717, 1.165) is 23.5 Å². The number of ether oxygens (including phenoxy) is 1. The van der Waals surface area contributed by atoms with Gasteiger partial charge < -0.3 is 14.7 Å². The molecule has 0 saturated carbocycles. The van der Waals surface area contributed by atoms with E-state index < -0.39 is 5.60 Å². The van der Waals surface area contributed by atoms with Crippen LogP contribution in [0.3, 0.4) is 0 Å². The molecule has 36 heavy (non-hydrogen) atoms. The number of nitriles is 3. The third kappa shape index (κ3) is 5.85. The zero-order valence-electron chi connectivity index (χ0n) is 20.4. The molecule has 0 aliphatic carbocycles. The van der Waals surface area contributed by atoms with Gasteiger partial charge in [-0.3, -0.25) is 0 Å². The first-order valence-corrected chi connectivity index (χ1v) is 11.4. The highest BCUT2D eigenvalue weighted by Crippen LogP contribution is 2.40. The quantitative estimate of drug-likeness (QED) is 0.373. The molecule has 1 aliphatic heterocycles. The van der Waals surface area contributed by atoms with Crippen LogP contribution in [0, 0.1) is 34.0 Å². The van der Waals surface area contributed by atoms with Crippen LogP contribution < -0.4 is 4.90 Å². The third-order valence-electron chi connectivity index (χ3n) is 5.65. The number of nitrogens with zero attached hydrogens (tertiary/aromatic N) is 6. The molecule has 180 valence electrons. The molecular formula is C28H26N6O2. The van der Waals surface area contributed by atoms with Gasteiger partial charge >= 0.3 is 0 Å². The molecule has 2 aromatic rings. The normalized spacial score (nSPS) is 14.4. The van der Waals surface area contributed by atoms with Crippen LogP contribution in [0.1, 0.15) is 26.3 Å². The van der Waals surface area contributed by atoms with Crippen LogP contribution in [-0.4, -0.2) is 30.4 Å². The Hall–Kier alpha value is -4.71. The lowest BCUT2D eigenvalue weighted by atomic mass is 9.94. The van der Waals surface area contributed by atoms with Crippen molar-refractivity contribution in [1.29, 1.82) is 15.8 Å². The molecule has 0 atom stereocenters. The van der Waals surface area contributed by atoms with E-state index in [1.54, 1.807) is 32.1 Å². The van der Waals surface area contributed by atoms with Gasteiger partial charge in [-0.05, 0) is 62.7 Å². The highest BCUT2D eigenvalue weighted by Gasteiger charge is 2.38. The largest absolute Gasteiger partial charge is 0.480 e. The van der Waals surface area contributed by atoms with Crippen LogP contribution in [0.2, 0.25) is 0 Å². The molecule has 0 unspecified atom stereocenters. The fourth-order valence-corrected chi connectivity index (χ4v) is 3.75. The SMILES string of the molecule is CCN(CCO)c1ccc(/N=N/c2ccc(/C=C/C3=C(C#N)C(=C(C#N)C#N)OC3(C)C)cc2)cc1. The second kappa shape index (κ2) is 11.6. The van der Waals surface area contributed by atoms with Crippen LogP contribution in [0.15, 0.2) is 87.3 Å². The van der Waals surface area contributed by atoms with E-state index in [2.05, 4.69) is 21.2 Å². The number of rotatable bonds is 8. The Balaban J connectivity index is 1.75. The summed E-state index contributed by atoms with van der Waals surface area (Å²) in [4.78, 5) is 2.07. The van der Waals surface area contributed by atoms with Gasteiger partial charge in [0.1, 0.15) is 29.4 Å². The maximum absolute atomic E-state index is 9.63. The predicted octanol–water partition coefficient (Wildman–Crippen LogP) is 5.86. The smallest absolute Gasteiger partial charge is 0.172 e. The van der Waals surface area contributed by atoms with E-state index in [0.29, 0.717) is 17.8 Å². The van der Waals surface area contributed by atoms with Crippen LogP contribution in [0.5, 0.6) is 0 Å². The minimum atomic E-state index is -0.855. The summed E-state index contributed by atoms with van der Waals surface area (Å²) >= 11 is 0. The Morgan fingerprint density at radius 2 is 1.56 bits per heavy atom. The van der Waals surface area contributed by atoms with Crippen LogP contribution in [0.4, 0.5) is 17.1 Å². The molecule has 0 amide bonds. The molecule has 0 aromatic heterocycles. The summed E-state index contributed by atoms with van der Waals surface area (Å²) in [5.74, 6) is 0.0201. The average molecular weight is 479 g/mol. The Morgan fingerprint density at radius 3 is 2.06 bits per heavy atom. The second-order valence-corrected chi connectivity index (χ2v) is 8.39. The standard InChI is InChI=1S/C28H26N6O2/c1-4-34(15-16-35)24-12-10-23(11-13-24)33-32-22-8-5-20(6-9-22)7-14-26-25(19-31)27(21(17-29)18-30)36-28(26,2)3/h5-14,35H,4,15-16H2,1-3H3/b14-7+,33-32+. The van der Waals surface area contributed by atoms with Gasteiger partial charge in [0.25, 0.3) is 0 Å². The number of azo groups is 1. The Kier molecular flexibility index (Phi) is 8.36. The van der Waals surface area contributed by atoms with E-state index in [1.807, 2.05) is 61.5 Å².